The number of carboxylic acids is 1. The normalized spacial score (nSPS) is 12.1. The minimum Gasteiger partial charge on any atom is -0.475 e. The lowest BCUT2D eigenvalue weighted by atomic mass is 10.0. The minimum absolute atomic E-state index is 0.159. The number of nitrogens with zero attached hydrogens (tertiary/aromatic N) is 2. The Morgan fingerprint density at radius 2 is 1.72 bits per heavy atom. The van der Waals surface area contributed by atoms with E-state index in [4.69, 9.17) is 20.2 Å². The monoisotopic (exact) mass is 502 g/mol. The molecule has 1 unspecified atom stereocenters. The minimum atomic E-state index is -5.08. The Bertz CT molecular complexity index is 1390. The average molecular weight is 502 g/mol. The Labute approximate surface area is 204 Å². The van der Waals surface area contributed by atoms with Gasteiger partial charge in [0.2, 0.25) is 0 Å². The van der Waals surface area contributed by atoms with Crippen molar-refractivity contribution in [3.8, 4) is 5.82 Å². The molecule has 0 aliphatic carbocycles. The molecule has 11 heteroatoms. The van der Waals surface area contributed by atoms with Crippen LogP contribution in [0.2, 0.25) is 0 Å². The molecule has 2 aromatic heterocycles. The molecular formula is C25H25F3N4O4. The van der Waals surface area contributed by atoms with Gasteiger partial charge in [0.25, 0.3) is 5.91 Å². The Morgan fingerprint density at radius 3 is 2.28 bits per heavy atom. The second-order valence-corrected chi connectivity index (χ2v) is 8.09. The van der Waals surface area contributed by atoms with Gasteiger partial charge in [-0.2, -0.15) is 13.2 Å². The van der Waals surface area contributed by atoms with Crippen molar-refractivity contribution >= 4 is 22.6 Å². The maximum atomic E-state index is 13.0. The number of fused-ring (bicyclic) bond motifs is 1. The number of carbonyl (C=O) groups is 2. The van der Waals surface area contributed by atoms with Crippen LogP contribution in [0.3, 0.4) is 0 Å². The van der Waals surface area contributed by atoms with Gasteiger partial charge in [-0.25, -0.2) is 4.79 Å². The third-order valence-electron chi connectivity index (χ3n) is 5.48. The molecule has 4 N–H and O–H groups in total. The van der Waals surface area contributed by atoms with Crippen molar-refractivity contribution in [3.63, 3.8) is 0 Å². The van der Waals surface area contributed by atoms with Crippen molar-refractivity contribution in [3.05, 3.63) is 82.9 Å². The van der Waals surface area contributed by atoms with E-state index in [1.807, 2.05) is 55.7 Å². The van der Waals surface area contributed by atoms with Crippen LogP contribution in [0.4, 0.5) is 13.2 Å². The van der Waals surface area contributed by atoms with Crippen LogP contribution in [0.25, 0.3) is 16.6 Å². The molecule has 0 radical (unpaired) electrons. The highest BCUT2D eigenvalue weighted by Crippen LogP contribution is 2.23. The summed E-state index contributed by atoms with van der Waals surface area (Å²) in [5.74, 6) is -1.53. The number of aryl methyl sites for hydroxylation is 2. The van der Waals surface area contributed by atoms with Crippen LogP contribution in [0, 0.1) is 20.8 Å². The summed E-state index contributed by atoms with van der Waals surface area (Å²) < 4.78 is 38.8. The molecule has 2 heterocycles. The van der Waals surface area contributed by atoms with E-state index in [1.165, 1.54) is 0 Å². The fraction of sp³-hybridized carbons (Fsp3) is 0.240. The van der Waals surface area contributed by atoms with Crippen LogP contribution in [0.15, 0.2) is 59.1 Å². The standard InChI is InChI=1S/C23H24N4O2.C2HF3O2/c1-14-10-20(16(3)27(14)22-11-15(2)29-26-22)23(28)25-21(13-24)19-9-8-17-6-4-5-7-18(17)12-19;3-2(4,5)1(6)7/h4-12,21H,13,24H2,1-3H3,(H,25,28);(H,6,7). The molecule has 0 aliphatic rings. The largest absolute Gasteiger partial charge is 0.490 e. The predicted octanol–water partition coefficient (Wildman–Crippen LogP) is 4.61. The van der Waals surface area contributed by atoms with Crippen LogP contribution >= 0.6 is 0 Å². The van der Waals surface area contributed by atoms with Crippen LogP contribution in [0.1, 0.15) is 39.1 Å². The van der Waals surface area contributed by atoms with Gasteiger partial charge in [0.1, 0.15) is 5.76 Å². The van der Waals surface area contributed by atoms with Crippen molar-refractivity contribution in [2.24, 2.45) is 5.73 Å². The third-order valence-corrected chi connectivity index (χ3v) is 5.48. The molecule has 36 heavy (non-hydrogen) atoms. The van der Waals surface area contributed by atoms with E-state index in [9.17, 15) is 18.0 Å². The molecule has 4 rings (SSSR count). The molecule has 0 saturated carbocycles. The molecule has 190 valence electrons. The summed E-state index contributed by atoms with van der Waals surface area (Å²) in [7, 11) is 0. The molecule has 1 atom stereocenters. The number of carboxylic acid groups (broad SMARTS) is 1. The fourth-order valence-corrected chi connectivity index (χ4v) is 3.74. The number of nitrogens with one attached hydrogen (secondary N) is 1. The zero-order chi connectivity index (χ0) is 26.6. The van der Waals surface area contributed by atoms with E-state index < -0.39 is 12.1 Å². The lowest BCUT2D eigenvalue weighted by molar-refractivity contribution is -0.192. The van der Waals surface area contributed by atoms with Gasteiger partial charge in [-0.1, -0.05) is 41.6 Å². The van der Waals surface area contributed by atoms with Crippen LogP contribution in [-0.2, 0) is 4.79 Å². The number of carbonyl (C=O) groups excluding carboxylic acids is 1. The second-order valence-electron chi connectivity index (χ2n) is 8.09. The lowest BCUT2D eigenvalue weighted by Gasteiger charge is -2.18. The summed E-state index contributed by atoms with van der Waals surface area (Å²) in [5, 5.41) is 16.6. The summed E-state index contributed by atoms with van der Waals surface area (Å²) >= 11 is 0. The number of alkyl halides is 3. The zero-order valence-corrected chi connectivity index (χ0v) is 19.8. The molecule has 0 bridgehead atoms. The van der Waals surface area contributed by atoms with E-state index >= 15 is 0 Å². The van der Waals surface area contributed by atoms with Gasteiger partial charge in [0, 0.05) is 24.0 Å². The number of benzene rings is 2. The third kappa shape index (κ3) is 5.92. The number of hydrogen-bond donors (Lipinski definition) is 3. The maximum absolute atomic E-state index is 13.0. The Balaban J connectivity index is 0.000000454. The molecule has 4 aromatic rings. The maximum Gasteiger partial charge on any atom is 0.490 e. The number of amides is 1. The summed E-state index contributed by atoms with van der Waals surface area (Å²) in [6.45, 7) is 6.00. The first kappa shape index (κ1) is 26.5. The van der Waals surface area contributed by atoms with Gasteiger partial charge in [0.05, 0.1) is 11.6 Å². The quantitative estimate of drug-likeness (QED) is 0.366. The highest BCUT2D eigenvalue weighted by atomic mass is 19.4. The summed E-state index contributed by atoms with van der Waals surface area (Å²) in [6, 6.07) is 17.7. The number of halogens is 3. The first-order valence-electron chi connectivity index (χ1n) is 10.8. The lowest BCUT2D eigenvalue weighted by Crippen LogP contribution is -2.33. The second kappa shape index (κ2) is 10.6. The highest BCUT2D eigenvalue weighted by molar-refractivity contribution is 5.96. The first-order valence-corrected chi connectivity index (χ1v) is 10.8. The summed E-state index contributed by atoms with van der Waals surface area (Å²) in [6.07, 6.45) is -5.08. The van der Waals surface area contributed by atoms with E-state index in [2.05, 4.69) is 34.7 Å². The molecule has 0 spiro atoms. The van der Waals surface area contributed by atoms with E-state index in [1.54, 1.807) is 0 Å². The van der Waals surface area contributed by atoms with Crippen LogP contribution in [-0.4, -0.2) is 39.4 Å². The number of aliphatic carboxylic acids is 1. The van der Waals surface area contributed by atoms with Crippen molar-refractivity contribution in [2.75, 3.05) is 6.54 Å². The average Bonchev–Trinajstić information content (AvgIpc) is 3.38. The van der Waals surface area contributed by atoms with Crippen molar-refractivity contribution in [1.29, 1.82) is 0 Å². The van der Waals surface area contributed by atoms with Crippen LogP contribution in [0.5, 0.6) is 0 Å². The van der Waals surface area contributed by atoms with Gasteiger partial charge in [-0.3, -0.25) is 9.36 Å². The molecule has 8 nitrogen and oxygen atoms in total. The van der Waals surface area contributed by atoms with Gasteiger partial charge >= 0.3 is 12.1 Å². The van der Waals surface area contributed by atoms with E-state index in [0.717, 1.165) is 33.5 Å². The number of nitrogens with two attached hydrogens (primary N) is 1. The van der Waals surface area contributed by atoms with Gasteiger partial charge in [-0.05, 0) is 49.2 Å². The fourth-order valence-electron chi connectivity index (χ4n) is 3.74. The molecule has 2 aromatic carbocycles. The topological polar surface area (TPSA) is 123 Å². The van der Waals surface area contributed by atoms with E-state index in [0.29, 0.717) is 17.9 Å². The van der Waals surface area contributed by atoms with Crippen molar-refractivity contribution in [2.45, 2.75) is 33.0 Å². The molecule has 0 saturated heterocycles. The smallest absolute Gasteiger partial charge is 0.475 e. The molecular weight excluding hydrogens is 477 g/mol. The van der Waals surface area contributed by atoms with Gasteiger partial charge in [0.15, 0.2) is 5.82 Å². The number of aromatic nitrogens is 2. The zero-order valence-electron chi connectivity index (χ0n) is 19.8. The Morgan fingerprint density at radius 1 is 1.08 bits per heavy atom. The number of hydrogen-bond acceptors (Lipinski definition) is 5. The van der Waals surface area contributed by atoms with Gasteiger partial charge in [-0.15, -0.1) is 0 Å². The van der Waals surface area contributed by atoms with E-state index in [-0.39, 0.29) is 11.9 Å². The molecule has 0 aliphatic heterocycles. The summed E-state index contributed by atoms with van der Waals surface area (Å²) in [5.41, 5.74) is 9.31. The van der Waals surface area contributed by atoms with Crippen molar-refractivity contribution in [1.82, 2.24) is 15.0 Å². The Hall–Kier alpha value is -4.12. The predicted molar refractivity (Wildman–Crippen MR) is 127 cm³/mol. The van der Waals surface area contributed by atoms with Crippen molar-refractivity contribution < 1.29 is 32.4 Å². The SMILES string of the molecule is Cc1cc(-n2c(C)cc(C(=O)NC(CN)c3ccc4ccccc4c3)c2C)no1.O=C(O)C(F)(F)F. The molecule has 0 fully saturated rings. The molecule has 1 amide bonds. The summed E-state index contributed by atoms with van der Waals surface area (Å²) in [4.78, 5) is 21.9. The first-order chi connectivity index (χ1) is 16.9. The number of rotatable bonds is 5. The van der Waals surface area contributed by atoms with Gasteiger partial charge < -0.3 is 20.7 Å². The Kier molecular flexibility index (Phi) is 7.83. The van der Waals surface area contributed by atoms with Crippen LogP contribution < -0.4 is 11.1 Å². The highest BCUT2D eigenvalue weighted by Gasteiger charge is 2.38.